The maximum absolute atomic E-state index is 6.71. The summed E-state index contributed by atoms with van der Waals surface area (Å²) in [6.45, 7) is 6.91. The van der Waals surface area contributed by atoms with Crippen molar-refractivity contribution in [1.82, 2.24) is 4.90 Å². The summed E-state index contributed by atoms with van der Waals surface area (Å²) in [6.07, 6.45) is 5.09. The summed E-state index contributed by atoms with van der Waals surface area (Å²) in [6, 6.07) is 8.81. The molecule has 0 radical (unpaired) electrons. The van der Waals surface area contributed by atoms with Crippen molar-refractivity contribution in [2.24, 2.45) is 0 Å². The van der Waals surface area contributed by atoms with E-state index in [1.54, 1.807) is 0 Å². The van der Waals surface area contributed by atoms with Gasteiger partial charge in [0.2, 0.25) is 0 Å². The molecule has 0 saturated carbocycles. The minimum atomic E-state index is -1.70. The molecule has 1 aromatic carbocycles. The number of rotatable bonds is 2. The van der Waals surface area contributed by atoms with Crippen LogP contribution in [0.5, 0.6) is 0 Å². The molecular formula is C15H20ClNSi. The first kappa shape index (κ1) is 12.3. The van der Waals surface area contributed by atoms with Gasteiger partial charge in [0.25, 0.3) is 0 Å². The zero-order valence-electron chi connectivity index (χ0n) is 11.1. The lowest BCUT2D eigenvalue weighted by Crippen LogP contribution is -2.25. The van der Waals surface area contributed by atoms with Crippen molar-refractivity contribution in [1.29, 1.82) is 0 Å². The van der Waals surface area contributed by atoms with Gasteiger partial charge in [-0.1, -0.05) is 43.4 Å². The molecule has 3 rings (SSSR count). The van der Waals surface area contributed by atoms with Crippen molar-refractivity contribution in [3.8, 4) is 0 Å². The van der Waals surface area contributed by atoms with Crippen LogP contribution >= 0.6 is 11.1 Å². The molecule has 96 valence electrons. The Bertz CT molecular complexity index is 484. The predicted molar refractivity (Wildman–Crippen MR) is 81.3 cm³/mol. The van der Waals surface area contributed by atoms with Gasteiger partial charge in [-0.05, 0) is 18.4 Å². The van der Waals surface area contributed by atoms with E-state index in [2.05, 4.69) is 48.3 Å². The van der Waals surface area contributed by atoms with E-state index in [0.717, 1.165) is 0 Å². The summed E-state index contributed by atoms with van der Waals surface area (Å²) >= 11 is 6.71. The summed E-state index contributed by atoms with van der Waals surface area (Å²) < 4.78 is 0. The number of hydrogen-bond acceptors (Lipinski definition) is 1. The van der Waals surface area contributed by atoms with E-state index < -0.39 is 7.38 Å². The quantitative estimate of drug-likeness (QED) is 0.578. The van der Waals surface area contributed by atoms with Crippen molar-refractivity contribution in [3.05, 3.63) is 41.5 Å². The fraction of sp³-hybridized carbons (Fsp3) is 0.467. The zero-order valence-corrected chi connectivity index (χ0v) is 12.9. The molecule has 1 unspecified atom stereocenters. The average molecular weight is 278 g/mol. The summed E-state index contributed by atoms with van der Waals surface area (Å²) in [5.41, 5.74) is 4.77. The number of benzene rings is 1. The van der Waals surface area contributed by atoms with E-state index >= 15 is 0 Å². The van der Waals surface area contributed by atoms with E-state index in [9.17, 15) is 0 Å². The SMILES string of the molecule is C[Si](C)(Cl)C1C=C(N2CCCC2)c2ccccc21. The maximum Gasteiger partial charge on any atom is 0.161 e. The molecule has 3 heteroatoms. The van der Waals surface area contributed by atoms with E-state index in [4.69, 9.17) is 11.1 Å². The van der Waals surface area contributed by atoms with Gasteiger partial charge in [0.1, 0.15) is 0 Å². The first-order chi connectivity index (χ1) is 8.57. The lowest BCUT2D eigenvalue weighted by molar-refractivity contribution is 0.494. The number of nitrogens with zero attached hydrogens (tertiary/aromatic N) is 1. The van der Waals surface area contributed by atoms with E-state index in [1.165, 1.54) is 42.8 Å². The molecule has 1 nitrogen and oxygen atoms in total. The Morgan fingerprint density at radius 2 is 1.83 bits per heavy atom. The normalized spacial score (nSPS) is 23.2. The summed E-state index contributed by atoms with van der Waals surface area (Å²) in [4.78, 5) is 2.54. The Morgan fingerprint density at radius 1 is 1.17 bits per heavy atom. The Hall–Kier alpha value is -0.733. The molecule has 1 aliphatic carbocycles. The Morgan fingerprint density at radius 3 is 2.50 bits per heavy atom. The minimum Gasteiger partial charge on any atom is -0.371 e. The average Bonchev–Trinajstić information content (AvgIpc) is 2.94. The molecule has 0 N–H and O–H groups in total. The smallest absolute Gasteiger partial charge is 0.161 e. The first-order valence-corrected chi connectivity index (χ1v) is 10.9. The standard InChI is InChI=1S/C15H20ClNSi/c1-18(2,16)15-11-14(17-9-5-6-10-17)12-7-3-4-8-13(12)15/h3-4,7-8,11,15H,5-6,9-10H2,1-2H3. The number of halogens is 1. The summed E-state index contributed by atoms with van der Waals surface area (Å²) in [5.74, 6) is 0. The third-order valence-electron chi connectivity index (χ3n) is 4.08. The highest BCUT2D eigenvalue weighted by molar-refractivity contribution is 7.20. The van der Waals surface area contributed by atoms with Gasteiger partial charge < -0.3 is 4.90 Å². The van der Waals surface area contributed by atoms with Gasteiger partial charge in [-0.2, -0.15) is 11.1 Å². The van der Waals surface area contributed by atoms with Gasteiger partial charge in [-0.15, -0.1) is 0 Å². The van der Waals surface area contributed by atoms with Crippen LogP contribution in [0, 0.1) is 0 Å². The van der Waals surface area contributed by atoms with Gasteiger partial charge in [-0.25, -0.2) is 0 Å². The van der Waals surface area contributed by atoms with Crippen LogP contribution in [0.1, 0.15) is 29.5 Å². The zero-order chi connectivity index (χ0) is 12.8. The Labute approximate surface area is 115 Å². The van der Waals surface area contributed by atoms with E-state index in [0.29, 0.717) is 5.54 Å². The molecule has 2 aliphatic rings. The third-order valence-corrected chi connectivity index (χ3v) is 6.74. The second-order valence-corrected chi connectivity index (χ2v) is 12.5. The van der Waals surface area contributed by atoms with Gasteiger partial charge >= 0.3 is 0 Å². The summed E-state index contributed by atoms with van der Waals surface area (Å²) in [5, 5.41) is 0. The van der Waals surface area contributed by atoms with Crippen LogP contribution in [0.3, 0.4) is 0 Å². The van der Waals surface area contributed by atoms with Crippen LogP contribution in [-0.4, -0.2) is 25.4 Å². The molecule has 18 heavy (non-hydrogen) atoms. The predicted octanol–water partition coefficient (Wildman–Crippen LogP) is 4.20. The van der Waals surface area contributed by atoms with Crippen LogP contribution in [0.15, 0.2) is 30.3 Å². The lowest BCUT2D eigenvalue weighted by Gasteiger charge is -2.21. The fourth-order valence-electron chi connectivity index (χ4n) is 3.14. The molecule has 0 aromatic heterocycles. The van der Waals surface area contributed by atoms with Gasteiger partial charge in [0.15, 0.2) is 7.38 Å². The van der Waals surface area contributed by atoms with E-state index in [1.807, 2.05) is 0 Å². The largest absolute Gasteiger partial charge is 0.371 e. The molecule has 0 amide bonds. The van der Waals surface area contributed by atoms with Crippen LogP contribution in [0.4, 0.5) is 0 Å². The van der Waals surface area contributed by atoms with Crippen molar-refractivity contribution < 1.29 is 0 Å². The molecule has 1 fully saturated rings. The van der Waals surface area contributed by atoms with Crippen LogP contribution in [0.25, 0.3) is 5.70 Å². The molecule has 1 aliphatic heterocycles. The van der Waals surface area contributed by atoms with Gasteiger partial charge in [0, 0.05) is 29.9 Å². The number of fused-ring (bicyclic) bond motifs is 1. The number of allylic oxidation sites excluding steroid dienone is 1. The maximum atomic E-state index is 6.71. The topological polar surface area (TPSA) is 3.24 Å². The monoisotopic (exact) mass is 277 g/mol. The second-order valence-electron chi connectivity index (χ2n) is 5.88. The van der Waals surface area contributed by atoms with Crippen LogP contribution < -0.4 is 0 Å². The molecule has 1 atom stereocenters. The third kappa shape index (κ3) is 2.02. The van der Waals surface area contributed by atoms with Crippen molar-refractivity contribution in [2.75, 3.05) is 13.1 Å². The Kier molecular flexibility index (Phi) is 3.03. The lowest BCUT2D eigenvalue weighted by atomic mass is 10.1. The highest BCUT2D eigenvalue weighted by Crippen LogP contribution is 2.44. The minimum absolute atomic E-state index is 0.464. The van der Waals surface area contributed by atoms with Crippen molar-refractivity contribution in [3.63, 3.8) is 0 Å². The fourth-order valence-corrected chi connectivity index (χ4v) is 5.23. The number of hydrogen-bond donors (Lipinski definition) is 0. The Balaban J connectivity index is 2.04. The highest BCUT2D eigenvalue weighted by atomic mass is 35.6. The van der Waals surface area contributed by atoms with E-state index in [-0.39, 0.29) is 0 Å². The number of likely N-dealkylation sites (tertiary alicyclic amines) is 1. The molecule has 0 spiro atoms. The van der Waals surface area contributed by atoms with Crippen molar-refractivity contribution >= 4 is 24.2 Å². The van der Waals surface area contributed by atoms with Crippen LogP contribution in [-0.2, 0) is 0 Å². The highest BCUT2D eigenvalue weighted by Gasteiger charge is 2.37. The molecule has 1 heterocycles. The molecule has 1 aromatic rings. The first-order valence-electron chi connectivity index (χ1n) is 6.82. The molecular weight excluding hydrogens is 258 g/mol. The molecule has 1 saturated heterocycles. The van der Waals surface area contributed by atoms with Crippen LogP contribution in [0.2, 0.25) is 13.1 Å². The molecule has 0 bridgehead atoms. The summed E-state index contributed by atoms with van der Waals surface area (Å²) in [7, 11) is -1.70. The van der Waals surface area contributed by atoms with Gasteiger partial charge in [0.05, 0.1) is 0 Å². The van der Waals surface area contributed by atoms with Gasteiger partial charge in [-0.3, -0.25) is 0 Å². The van der Waals surface area contributed by atoms with Crippen molar-refractivity contribution in [2.45, 2.75) is 31.5 Å². The second kappa shape index (κ2) is 4.43.